The van der Waals surface area contributed by atoms with Crippen molar-refractivity contribution in [2.24, 2.45) is 0 Å². The average molecular weight is 714 g/mol. The van der Waals surface area contributed by atoms with E-state index >= 15 is 0 Å². The van der Waals surface area contributed by atoms with Gasteiger partial charge in [-0.3, -0.25) is 0 Å². The normalized spacial score (nSPS) is 11.6. The molecule has 3 heterocycles. The second kappa shape index (κ2) is 13.1. The predicted octanol–water partition coefficient (Wildman–Crippen LogP) is 13.9. The fraction of sp³-hybridized carbons (Fsp3) is 0. The summed E-state index contributed by atoms with van der Waals surface area (Å²) in [5.41, 5.74) is 15.5. The van der Waals surface area contributed by atoms with Gasteiger partial charge in [0.2, 0.25) is 0 Å². The van der Waals surface area contributed by atoms with Crippen LogP contribution in [0.4, 0.5) is 0 Å². The van der Waals surface area contributed by atoms with Crippen molar-refractivity contribution in [3.8, 4) is 56.1 Å². The molecule has 56 heavy (non-hydrogen) atoms. The fourth-order valence-corrected chi connectivity index (χ4v) is 8.48. The van der Waals surface area contributed by atoms with E-state index in [1.54, 1.807) is 0 Å². The van der Waals surface area contributed by atoms with Crippen molar-refractivity contribution < 1.29 is 0 Å². The van der Waals surface area contributed by atoms with E-state index in [0.29, 0.717) is 0 Å². The minimum absolute atomic E-state index is 0.927. The maximum absolute atomic E-state index is 5.38. The Morgan fingerprint density at radius 2 is 0.679 bits per heavy atom. The van der Waals surface area contributed by atoms with Crippen LogP contribution >= 0.6 is 0 Å². The van der Waals surface area contributed by atoms with E-state index in [1.807, 2.05) is 0 Å². The zero-order chi connectivity index (χ0) is 37.0. The van der Waals surface area contributed by atoms with Crippen LogP contribution in [0.2, 0.25) is 0 Å². The highest BCUT2D eigenvalue weighted by Crippen LogP contribution is 2.41. The van der Waals surface area contributed by atoms with Crippen LogP contribution < -0.4 is 0 Å². The summed E-state index contributed by atoms with van der Waals surface area (Å²) in [6.45, 7) is 0. The molecule has 8 aromatic carbocycles. The molecule has 0 spiro atoms. The lowest BCUT2D eigenvalue weighted by Crippen LogP contribution is -1.98. The van der Waals surface area contributed by atoms with E-state index < -0.39 is 0 Å². The van der Waals surface area contributed by atoms with Crippen LogP contribution in [0.5, 0.6) is 0 Å². The minimum atomic E-state index is 0.927. The average Bonchev–Trinajstić information content (AvgIpc) is 3.78. The van der Waals surface area contributed by atoms with Gasteiger partial charge in [0.15, 0.2) is 0 Å². The van der Waals surface area contributed by atoms with Gasteiger partial charge in [0, 0.05) is 44.0 Å². The third-order valence-electron chi connectivity index (χ3n) is 11.1. The summed E-state index contributed by atoms with van der Waals surface area (Å²) in [7, 11) is 0. The highest BCUT2D eigenvalue weighted by atomic mass is 15.0. The summed E-state index contributed by atoms with van der Waals surface area (Å²) in [6.07, 6.45) is 0. The second-order valence-electron chi connectivity index (χ2n) is 14.4. The first-order valence-electron chi connectivity index (χ1n) is 19.1. The minimum Gasteiger partial charge on any atom is -0.309 e. The standard InChI is InChI=1S/C53H35N3/c1-5-17-36(18-6-1)39-29-41(49-33-40(37-19-7-2-8-20-37)32-48(54-49)38-21-9-3-10-22-38)31-43(30-39)56-51-28-16-14-26-45(51)47-34-46-44-25-13-15-27-50(44)55(52(46)35-53(47)56)42-23-11-4-12-24-42/h1-35H. The van der Waals surface area contributed by atoms with E-state index in [1.165, 1.54) is 32.6 Å². The fourth-order valence-electron chi connectivity index (χ4n) is 8.48. The third-order valence-corrected chi connectivity index (χ3v) is 11.1. The van der Waals surface area contributed by atoms with Gasteiger partial charge in [-0.1, -0.05) is 146 Å². The molecule has 0 atom stereocenters. The lowest BCUT2D eigenvalue weighted by molar-refractivity contribution is 1.16. The summed E-state index contributed by atoms with van der Waals surface area (Å²) in [6, 6.07) is 76.3. The van der Waals surface area contributed by atoms with Crippen LogP contribution in [-0.2, 0) is 0 Å². The summed E-state index contributed by atoms with van der Waals surface area (Å²) in [5.74, 6) is 0. The summed E-state index contributed by atoms with van der Waals surface area (Å²) in [5, 5.41) is 4.94. The Balaban J connectivity index is 1.22. The van der Waals surface area contributed by atoms with Crippen molar-refractivity contribution in [2.45, 2.75) is 0 Å². The lowest BCUT2D eigenvalue weighted by atomic mass is 9.97. The maximum atomic E-state index is 5.38. The van der Waals surface area contributed by atoms with Gasteiger partial charge >= 0.3 is 0 Å². The number of fused-ring (bicyclic) bond motifs is 6. The molecule has 0 saturated heterocycles. The van der Waals surface area contributed by atoms with Crippen molar-refractivity contribution in [2.75, 3.05) is 0 Å². The number of nitrogens with zero attached hydrogens (tertiary/aromatic N) is 3. The Morgan fingerprint density at radius 1 is 0.250 bits per heavy atom. The van der Waals surface area contributed by atoms with Gasteiger partial charge in [-0.05, 0) is 89.0 Å². The number of aromatic nitrogens is 3. The Hall–Kier alpha value is -7.49. The van der Waals surface area contributed by atoms with Crippen LogP contribution in [0.1, 0.15) is 0 Å². The molecular weight excluding hydrogens is 679 g/mol. The first-order valence-corrected chi connectivity index (χ1v) is 19.1. The molecule has 262 valence electrons. The SMILES string of the molecule is c1ccc(-c2cc(-c3cc(-c4ccccc4)cc(-c4ccccc4)n3)cc(-n3c4ccccc4c4cc5c6ccccc6n(-c6ccccc6)c5cc43)c2)cc1. The number of benzene rings is 8. The molecule has 0 fully saturated rings. The molecule has 3 nitrogen and oxygen atoms in total. The number of rotatable bonds is 6. The highest BCUT2D eigenvalue weighted by molar-refractivity contribution is 6.19. The van der Waals surface area contributed by atoms with Crippen LogP contribution in [0.15, 0.2) is 212 Å². The molecule has 3 aromatic heterocycles. The molecule has 0 radical (unpaired) electrons. The van der Waals surface area contributed by atoms with Crippen LogP contribution in [0.3, 0.4) is 0 Å². The highest BCUT2D eigenvalue weighted by Gasteiger charge is 2.20. The van der Waals surface area contributed by atoms with Crippen LogP contribution in [0.25, 0.3) is 99.8 Å². The molecule has 11 aromatic rings. The molecule has 3 heteroatoms. The van der Waals surface area contributed by atoms with E-state index in [9.17, 15) is 0 Å². The van der Waals surface area contributed by atoms with Crippen molar-refractivity contribution in [3.63, 3.8) is 0 Å². The van der Waals surface area contributed by atoms with Crippen LogP contribution in [-0.4, -0.2) is 14.1 Å². The van der Waals surface area contributed by atoms with Gasteiger partial charge < -0.3 is 9.13 Å². The zero-order valence-electron chi connectivity index (χ0n) is 30.5. The molecule has 0 aliphatic carbocycles. The largest absolute Gasteiger partial charge is 0.309 e. The van der Waals surface area contributed by atoms with Crippen molar-refractivity contribution in [1.82, 2.24) is 14.1 Å². The monoisotopic (exact) mass is 713 g/mol. The van der Waals surface area contributed by atoms with Gasteiger partial charge in [-0.15, -0.1) is 0 Å². The third kappa shape index (κ3) is 5.32. The number of hydrogen-bond donors (Lipinski definition) is 0. The number of pyridine rings is 1. The second-order valence-corrected chi connectivity index (χ2v) is 14.4. The number of hydrogen-bond acceptors (Lipinski definition) is 1. The van der Waals surface area contributed by atoms with Crippen LogP contribution in [0, 0.1) is 0 Å². The number of para-hydroxylation sites is 3. The van der Waals surface area contributed by atoms with Gasteiger partial charge in [0.1, 0.15) is 0 Å². The summed E-state index contributed by atoms with van der Waals surface area (Å²) >= 11 is 0. The molecule has 0 saturated carbocycles. The summed E-state index contributed by atoms with van der Waals surface area (Å²) in [4.78, 5) is 5.38. The van der Waals surface area contributed by atoms with Crippen molar-refractivity contribution in [1.29, 1.82) is 0 Å². The molecular formula is C53H35N3. The Bertz CT molecular complexity index is 3160. The zero-order valence-corrected chi connectivity index (χ0v) is 30.5. The maximum Gasteiger partial charge on any atom is 0.0716 e. The van der Waals surface area contributed by atoms with Gasteiger partial charge in [0.25, 0.3) is 0 Å². The lowest BCUT2D eigenvalue weighted by Gasteiger charge is -2.15. The molecule has 0 amide bonds. The first kappa shape index (κ1) is 32.0. The smallest absolute Gasteiger partial charge is 0.0716 e. The molecule has 11 rings (SSSR count). The molecule has 0 unspecified atom stereocenters. The Kier molecular flexibility index (Phi) is 7.49. The summed E-state index contributed by atoms with van der Waals surface area (Å²) < 4.78 is 4.86. The first-order chi connectivity index (χ1) is 27.8. The van der Waals surface area contributed by atoms with Gasteiger partial charge in [-0.2, -0.15) is 0 Å². The van der Waals surface area contributed by atoms with E-state index in [4.69, 9.17) is 4.98 Å². The molecule has 0 bridgehead atoms. The Morgan fingerprint density at radius 3 is 1.25 bits per heavy atom. The van der Waals surface area contributed by atoms with Gasteiger partial charge in [-0.25, -0.2) is 4.98 Å². The topological polar surface area (TPSA) is 22.8 Å². The van der Waals surface area contributed by atoms with Crippen molar-refractivity contribution >= 4 is 43.6 Å². The molecule has 0 aliphatic rings. The van der Waals surface area contributed by atoms with E-state index in [-0.39, 0.29) is 0 Å². The Labute approximate surface area is 325 Å². The van der Waals surface area contributed by atoms with Crippen molar-refractivity contribution in [3.05, 3.63) is 212 Å². The molecule has 0 aliphatic heterocycles. The van der Waals surface area contributed by atoms with E-state index in [0.717, 1.165) is 67.2 Å². The van der Waals surface area contributed by atoms with E-state index in [2.05, 4.69) is 221 Å². The van der Waals surface area contributed by atoms with Gasteiger partial charge in [0.05, 0.1) is 33.5 Å². The predicted molar refractivity (Wildman–Crippen MR) is 235 cm³/mol. The quantitative estimate of drug-likeness (QED) is 0.168. The molecule has 0 N–H and O–H groups in total.